The predicted molar refractivity (Wildman–Crippen MR) is 167 cm³/mol. The summed E-state index contributed by atoms with van der Waals surface area (Å²) in [6, 6.07) is 14.3. The summed E-state index contributed by atoms with van der Waals surface area (Å²) < 4.78 is 28.8. The van der Waals surface area contributed by atoms with E-state index in [1.165, 1.54) is 35.2 Å². The van der Waals surface area contributed by atoms with E-state index in [2.05, 4.69) is 5.32 Å². The molecule has 0 radical (unpaired) electrons. The molecule has 0 aliphatic heterocycles. The number of aryl methyl sites for hydroxylation is 1. The highest BCUT2D eigenvalue weighted by molar-refractivity contribution is 7.92. The summed E-state index contributed by atoms with van der Waals surface area (Å²) in [4.78, 5) is 28.6. The van der Waals surface area contributed by atoms with E-state index >= 15 is 0 Å². The van der Waals surface area contributed by atoms with Crippen LogP contribution < -0.4 is 9.62 Å². The van der Waals surface area contributed by atoms with Crippen molar-refractivity contribution in [2.24, 2.45) is 0 Å². The molecule has 220 valence electrons. The molecule has 41 heavy (non-hydrogen) atoms. The molecule has 7 nitrogen and oxygen atoms in total. The minimum atomic E-state index is -4.25. The first-order chi connectivity index (χ1) is 19.2. The van der Waals surface area contributed by atoms with E-state index < -0.39 is 28.5 Å². The zero-order valence-electron chi connectivity index (χ0n) is 23.0. The molecule has 1 unspecified atom stereocenters. The first-order valence-corrected chi connectivity index (χ1v) is 15.8. The molecule has 0 aliphatic carbocycles. The smallest absolute Gasteiger partial charge is 0.264 e. The van der Waals surface area contributed by atoms with Gasteiger partial charge in [-0.05, 0) is 75.2 Å². The lowest BCUT2D eigenvalue weighted by Gasteiger charge is -2.33. The lowest BCUT2D eigenvalue weighted by atomic mass is 10.1. The molecule has 1 atom stereocenters. The Bertz CT molecular complexity index is 1510. The van der Waals surface area contributed by atoms with Crippen LogP contribution in [-0.4, -0.2) is 43.8 Å². The predicted octanol–water partition coefficient (Wildman–Crippen LogP) is 7.14. The van der Waals surface area contributed by atoms with E-state index in [-0.39, 0.29) is 45.5 Å². The molecule has 0 aliphatic rings. The highest BCUT2D eigenvalue weighted by Crippen LogP contribution is 2.31. The fourth-order valence-corrected chi connectivity index (χ4v) is 6.31. The number of carbonyl (C=O) groups excluding carboxylic acids is 2. The average molecular weight is 659 g/mol. The number of rotatable bonds is 11. The van der Waals surface area contributed by atoms with Crippen molar-refractivity contribution in [2.75, 3.05) is 10.8 Å². The molecule has 1 N–H and O–H groups in total. The van der Waals surface area contributed by atoms with Crippen LogP contribution in [0.4, 0.5) is 5.69 Å². The number of amides is 2. The van der Waals surface area contributed by atoms with Gasteiger partial charge in [0.05, 0.1) is 20.6 Å². The van der Waals surface area contributed by atoms with Gasteiger partial charge in [0, 0.05) is 22.6 Å². The second-order valence-corrected chi connectivity index (χ2v) is 13.3. The SMILES string of the molecule is CCC(C(=O)NC(C)C)N(Cc1ccc(Cl)cc1Cl)C(=O)CN(c1ccc(Cl)c(Cl)c1)S(=O)(=O)c1ccc(C)cc1. The van der Waals surface area contributed by atoms with Gasteiger partial charge in [0.1, 0.15) is 12.6 Å². The summed E-state index contributed by atoms with van der Waals surface area (Å²) in [5.41, 5.74) is 1.55. The van der Waals surface area contributed by atoms with Crippen LogP contribution in [0, 0.1) is 6.92 Å². The summed E-state index contributed by atoms with van der Waals surface area (Å²) in [6.45, 7) is 6.56. The van der Waals surface area contributed by atoms with Gasteiger partial charge in [-0.25, -0.2) is 8.42 Å². The summed E-state index contributed by atoms with van der Waals surface area (Å²) in [5, 5.41) is 3.91. The van der Waals surface area contributed by atoms with Gasteiger partial charge in [-0.1, -0.05) is 77.1 Å². The van der Waals surface area contributed by atoms with E-state index in [9.17, 15) is 18.0 Å². The Hall–Kier alpha value is -2.49. The number of sulfonamides is 1. The van der Waals surface area contributed by atoms with Crippen molar-refractivity contribution < 1.29 is 18.0 Å². The summed E-state index contributed by atoms with van der Waals surface area (Å²) in [6.07, 6.45) is 0.271. The second kappa shape index (κ2) is 14.1. The van der Waals surface area contributed by atoms with Crippen molar-refractivity contribution in [1.82, 2.24) is 10.2 Å². The first-order valence-electron chi connectivity index (χ1n) is 12.8. The normalized spacial score (nSPS) is 12.2. The van der Waals surface area contributed by atoms with Crippen LogP contribution in [0.2, 0.25) is 20.1 Å². The van der Waals surface area contributed by atoms with Crippen LogP contribution in [0.5, 0.6) is 0 Å². The van der Waals surface area contributed by atoms with Crippen LogP contribution >= 0.6 is 46.4 Å². The van der Waals surface area contributed by atoms with Gasteiger partial charge in [-0.2, -0.15) is 0 Å². The highest BCUT2D eigenvalue weighted by atomic mass is 35.5. The number of benzene rings is 3. The summed E-state index contributed by atoms with van der Waals surface area (Å²) in [5.74, 6) is -0.994. The Balaban J connectivity index is 2.11. The molecular weight excluding hydrogens is 628 g/mol. The van der Waals surface area contributed by atoms with Gasteiger partial charge in [0.25, 0.3) is 10.0 Å². The monoisotopic (exact) mass is 657 g/mol. The van der Waals surface area contributed by atoms with Gasteiger partial charge in [0.15, 0.2) is 0 Å². The molecule has 0 heterocycles. The topological polar surface area (TPSA) is 86.8 Å². The number of hydrogen-bond donors (Lipinski definition) is 1. The Labute approximate surface area is 261 Å². The lowest BCUT2D eigenvalue weighted by Crippen LogP contribution is -2.53. The number of nitrogens with one attached hydrogen (secondary N) is 1. The van der Waals surface area contributed by atoms with Crippen LogP contribution in [-0.2, 0) is 26.2 Å². The quantitative estimate of drug-likeness (QED) is 0.237. The van der Waals surface area contributed by atoms with Crippen molar-refractivity contribution in [3.63, 3.8) is 0 Å². The van der Waals surface area contributed by atoms with Crippen LogP contribution in [0.1, 0.15) is 38.3 Å². The third-order valence-electron chi connectivity index (χ3n) is 6.25. The maximum absolute atomic E-state index is 14.1. The van der Waals surface area contributed by atoms with Crippen LogP contribution in [0.25, 0.3) is 0 Å². The van der Waals surface area contributed by atoms with Gasteiger partial charge >= 0.3 is 0 Å². The minimum absolute atomic E-state index is 0.0149. The molecule has 0 aromatic heterocycles. The average Bonchev–Trinajstić information content (AvgIpc) is 2.89. The first kappa shape index (κ1) is 33.0. The zero-order chi connectivity index (χ0) is 30.5. The largest absolute Gasteiger partial charge is 0.352 e. The Morgan fingerprint density at radius 2 is 1.54 bits per heavy atom. The third kappa shape index (κ3) is 8.30. The van der Waals surface area contributed by atoms with Crippen molar-refractivity contribution in [3.8, 4) is 0 Å². The molecule has 2 amide bonds. The molecule has 3 aromatic rings. The molecule has 3 rings (SSSR count). The van der Waals surface area contributed by atoms with Gasteiger partial charge in [0.2, 0.25) is 11.8 Å². The fourth-order valence-electron chi connectivity index (χ4n) is 4.14. The van der Waals surface area contributed by atoms with E-state index in [0.717, 1.165) is 9.87 Å². The zero-order valence-corrected chi connectivity index (χ0v) is 26.8. The highest BCUT2D eigenvalue weighted by Gasteiger charge is 2.34. The molecule has 0 saturated carbocycles. The number of carbonyl (C=O) groups is 2. The number of hydrogen-bond acceptors (Lipinski definition) is 4. The fraction of sp³-hybridized carbons (Fsp3) is 0.310. The molecule has 12 heteroatoms. The molecular formula is C29H31Cl4N3O4S. The molecule has 0 bridgehead atoms. The Morgan fingerprint density at radius 3 is 2.10 bits per heavy atom. The molecule has 0 fully saturated rings. The Kier molecular flexibility index (Phi) is 11.4. The van der Waals surface area contributed by atoms with Crippen molar-refractivity contribution >= 4 is 73.9 Å². The van der Waals surface area contributed by atoms with Crippen LogP contribution in [0.3, 0.4) is 0 Å². The van der Waals surface area contributed by atoms with E-state index in [1.807, 2.05) is 20.8 Å². The molecule has 3 aromatic carbocycles. The minimum Gasteiger partial charge on any atom is -0.352 e. The molecule has 0 saturated heterocycles. The number of nitrogens with zero attached hydrogens (tertiary/aromatic N) is 2. The summed E-state index contributed by atoms with van der Waals surface area (Å²) in [7, 11) is -4.25. The Morgan fingerprint density at radius 1 is 0.878 bits per heavy atom. The van der Waals surface area contributed by atoms with Crippen LogP contribution in [0.15, 0.2) is 65.6 Å². The maximum atomic E-state index is 14.1. The van der Waals surface area contributed by atoms with Crippen molar-refractivity contribution in [1.29, 1.82) is 0 Å². The van der Waals surface area contributed by atoms with Gasteiger partial charge < -0.3 is 10.2 Å². The third-order valence-corrected chi connectivity index (χ3v) is 9.37. The van der Waals surface area contributed by atoms with E-state index in [1.54, 1.807) is 37.3 Å². The maximum Gasteiger partial charge on any atom is 0.264 e. The standard InChI is InChI=1S/C29H31Cl4N3O4S/c1-5-27(29(38)34-18(2)3)35(16-20-8-9-21(30)14-25(20)32)28(37)17-36(22-10-13-24(31)26(33)15-22)41(39,40)23-11-6-19(4)7-12-23/h6-15,18,27H,5,16-17H2,1-4H3,(H,34,38). The number of halogens is 4. The van der Waals surface area contributed by atoms with Gasteiger partial charge in [-0.3, -0.25) is 13.9 Å². The van der Waals surface area contributed by atoms with Gasteiger partial charge in [-0.15, -0.1) is 0 Å². The lowest BCUT2D eigenvalue weighted by molar-refractivity contribution is -0.140. The number of anilines is 1. The van der Waals surface area contributed by atoms with E-state index in [4.69, 9.17) is 46.4 Å². The molecule has 0 spiro atoms. The second-order valence-electron chi connectivity index (χ2n) is 9.77. The van der Waals surface area contributed by atoms with Crippen molar-refractivity contribution in [3.05, 3.63) is 91.9 Å². The van der Waals surface area contributed by atoms with Crippen molar-refractivity contribution in [2.45, 2.75) is 57.6 Å². The van der Waals surface area contributed by atoms with E-state index in [0.29, 0.717) is 15.6 Å². The summed E-state index contributed by atoms with van der Waals surface area (Å²) >= 11 is 24.9.